The standard InChI is InChI=1S/C21H31N7O3/c1-31-19-12-7-14(13-18(19)28(29)30)20(23-16-10-8-15(22)9-11-16)21-24-25-26-27(21)17-5-3-2-4-6-17/h7,12-13,15-17,20,23H,2-6,8-11,22H2,1H3. The molecule has 10 nitrogen and oxygen atoms in total. The maximum Gasteiger partial charge on any atom is 0.311 e. The number of nitro benzene ring substituents is 1. The summed E-state index contributed by atoms with van der Waals surface area (Å²) in [6.07, 6.45) is 9.50. The molecule has 0 aliphatic heterocycles. The van der Waals surface area contributed by atoms with Crippen molar-refractivity contribution in [1.29, 1.82) is 0 Å². The zero-order chi connectivity index (χ0) is 21.8. The molecule has 168 valence electrons. The van der Waals surface area contributed by atoms with Gasteiger partial charge in [0, 0.05) is 18.2 Å². The molecule has 1 atom stereocenters. The molecule has 2 saturated carbocycles. The van der Waals surface area contributed by atoms with Gasteiger partial charge in [-0.25, -0.2) is 4.68 Å². The lowest BCUT2D eigenvalue weighted by Crippen LogP contribution is -2.40. The predicted molar refractivity (Wildman–Crippen MR) is 115 cm³/mol. The molecular formula is C21H31N7O3. The van der Waals surface area contributed by atoms with Crippen LogP contribution in [0.3, 0.4) is 0 Å². The molecule has 0 radical (unpaired) electrons. The third kappa shape index (κ3) is 4.85. The van der Waals surface area contributed by atoms with E-state index in [1.54, 1.807) is 12.1 Å². The van der Waals surface area contributed by atoms with Gasteiger partial charge in [0.2, 0.25) is 0 Å². The Morgan fingerprint density at radius 1 is 1.19 bits per heavy atom. The Morgan fingerprint density at radius 2 is 1.94 bits per heavy atom. The van der Waals surface area contributed by atoms with Gasteiger partial charge in [-0.1, -0.05) is 25.3 Å². The topological polar surface area (TPSA) is 134 Å². The molecule has 1 unspecified atom stereocenters. The van der Waals surface area contributed by atoms with Crippen molar-refractivity contribution < 1.29 is 9.66 Å². The van der Waals surface area contributed by atoms with Gasteiger partial charge in [0.25, 0.3) is 0 Å². The third-order valence-corrected chi connectivity index (χ3v) is 6.60. The Morgan fingerprint density at radius 3 is 2.61 bits per heavy atom. The number of nitro groups is 1. The quantitative estimate of drug-likeness (QED) is 0.507. The second-order valence-electron chi connectivity index (χ2n) is 8.67. The molecule has 1 aromatic heterocycles. The number of ether oxygens (including phenoxy) is 1. The maximum absolute atomic E-state index is 11.6. The fraction of sp³-hybridized carbons (Fsp3) is 0.667. The number of nitrogens with two attached hydrogens (primary N) is 1. The zero-order valence-corrected chi connectivity index (χ0v) is 17.9. The van der Waals surface area contributed by atoms with Crippen molar-refractivity contribution in [3.05, 3.63) is 39.7 Å². The van der Waals surface area contributed by atoms with Gasteiger partial charge in [-0.05, 0) is 60.6 Å². The van der Waals surface area contributed by atoms with Crippen LogP contribution in [0, 0.1) is 10.1 Å². The Kier molecular flexibility index (Phi) is 6.77. The minimum Gasteiger partial charge on any atom is -0.490 e. The molecule has 1 heterocycles. The van der Waals surface area contributed by atoms with Crippen LogP contribution in [0.25, 0.3) is 0 Å². The van der Waals surface area contributed by atoms with E-state index in [1.165, 1.54) is 13.5 Å². The summed E-state index contributed by atoms with van der Waals surface area (Å²) in [5.41, 5.74) is 6.78. The second kappa shape index (κ2) is 9.69. The fourth-order valence-electron chi connectivity index (χ4n) is 4.85. The van der Waals surface area contributed by atoms with Crippen LogP contribution in [-0.2, 0) is 0 Å². The van der Waals surface area contributed by atoms with Crippen LogP contribution in [-0.4, -0.2) is 44.3 Å². The van der Waals surface area contributed by atoms with Crippen LogP contribution in [0.1, 0.15) is 81.3 Å². The van der Waals surface area contributed by atoms with E-state index in [2.05, 4.69) is 20.8 Å². The highest BCUT2D eigenvalue weighted by Gasteiger charge is 2.31. The number of hydrogen-bond acceptors (Lipinski definition) is 8. The highest BCUT2D eigenvalue weighted by atomic mass is 16.6. The average molecular weight is 430 g/mol. The third-order valence-electron chi connectivity index (χ3n) is 6.60. The number of nitrogens with zero attached hydrogens (tertiary/aromatic N) is 5. The molecule has 10 heteroatoms. The molecule has 0 saturated heterocycles. The summed E-state index contributed by atoms with van der Waals surface area (Å²) in [4.78, 5) is 11.2. The summed E-state index contributed by atoms with van der Waals surface area (Å²) < 4.78 is 7.12. The van der Waals surface area contributed by atoms with E-state index in [9.17, 15) is 10.1 Å². The molecule has 3 N–H and O–H groups in total. The van der Waals surface area contributed by atoms with Gasteiger partial charge in [-0.15, -0.1) is 5.10 Å². The Balaban J connectivity index is 1.70. The fourth-order valence-corrected chi connectivity index (χ4v) is 4.85. The van der Waals surface area contributed by atoms with Crippen molar-refractivity contribution in [1.82, 2.24) is 25.5 Å². The van der Waals surface area contributed by atoms with Gasteiger partial charge >= 0.3 is 5.69 Å². The molecule has 0 amide bonds. The Bertz CT molecular complexity index is 889. The molecule has 0 bridgehead atoms. The smallest absolute Gasteiger partial charge is 0.311 e. The van der Waals surface area contributed by atoms with Gasteiger partial charge in [-0.3, -0.25) is 10.1 Å². The van der Waals surface area contributed by atoms with Crippen molar-refractivity contribution in [3.8, 4) is 5.75 Å². The second-order valence-corrected chi connectivity index (χ2v) is 8.67. The van der Waals surface area contributed by atoms with Crippen molar-refractivity contribution in [3.63, 3.8) is 0 Å². The van der Waals surface area contributed by atoms with Gasteiger partial charge < -0.3 is 15.8 Å². The molecule has 1 aromatic carbocycles. The molecule has 2 fully saturated rings. The van der Waals surface area contributed by atoms with Crippen LogP contribution in [0.2, 0.25) is 0 Å². The normalized spacial score (nSPS) is 23.4. The van der Waals surface area contributed by atoms with Crippen molar-refractivity contribution in [2.75, 3.05) is 7.11 Å². The summed E-state index contributed by atoms with van der Waals surface area (Å²) >= 11 is 0. The van der Waals surface area contributed by atoms with Gasteiger partial charge in [0.1, 0.15) is 0 Å². The zero-order valence-electron chi connectivity index (χ0n) is 17.9. The molecule has 4 rings (SSSR count). The number of methoxy groups -OCH3 is 1. The van der Waals surface area contributed by atoms with Crippen molar-refractivity contribution in [2.45, 2.75) is 82.0 Å². The minimum atomic E-state index is -0.414. The van der Waals surface area contributed by atoms with E-state index in [1.807, 2.05) is 10.7 Å². The van der Waals surface area contributed by atoms with Gasteiger partial charge in [0.15, 0.2) is 11.6 Å². The van der Waals surface area contributed by atoms with Crippen LogP contribution >= 0.6 is 0 Å². The maximum atomic E-state index is 11.6. The van der Waals surface area contributed by atoms with E-state index >= 15 is 0 Å². The lowest BCUT2D eigenvalue weighted by atomic mass is 9.90. The Labute approximate surface area is 181 Å². The molecule has 2 aliphatic carbocycles. The van der Waals surface area contributed by atoms with Crippen LogP contribution in [0.15, 0.2) is 18.2 Å². The first-order valence-electron chi connectivity index (χ1n) is 11.2. The largest absolute Gasteiger partial charge is 0.490 e. The molecule has 31 heavy (non-hydrogen) atoms. The van der Waals surface area contributed by atoms with E-state index in [4.69, 9.17) is 10.5 Å². The van der Waals surface area contributed by atoms with E-state index in [-0.39, 0.29) is 35.6 Å². The highest BCUT2D eigenvalue weighted by molar-refractivity contribution is 5.50. The van der Waals surface area contributed by atoms with E-state index in [0.29, 0.717) is 5.82 Å². The van der Waals surface area contributed by atoms with Gasteiger partial charge in [0.05, 0.1) is 24.1 Å². The van der Waals surface area contributed by atoms with Crippen molar-refractivity contribution >= 4 is 5.69 Å². The summed E-state index contributed by atoms with van der Waals surface area (Å²) in [5.74, 6) is 0.948. The molecular weight excluding hydrogens is 398 g/mol. The average Bonchev–Trinajstić information content (AvgIpc) is 3.28. The Hall–Kier alpha value is -2.59. The number of rotatable bonds is 7. The van der Waals surface area contributed by atoms with Crippen molar-refractivity contribution in [2.24, 2.45) is 5.73 Å². The SMILES string of the molecule is COc1ccc(C(NC2CCC(N)CC2)c2nnnn2C2CCCCC2)cc1[N+](=O)[O-]. The van der Waals surface area contributed by atoms with Gasteiger partial charge in [-0.2, -0.15) is 0 Å². The minimum absolute atomic E-state index is 0.0610. The summed E-state index contributed by atoms with van der Waals surface area (Å²) in [5, 5.41) is 28.0. The number of tetrazole rings is 1. The lowest BCUT2D eigenvalue weighted by molar-refractivity contribution is -0.385. The number of benzene rings is 1. The van der Waals surface area contributed by atoms with Crippen LogP contribution in [0.5, 0.6) is 5.75 Å². The number of hydrogen-bond donors (Lipinski definition) is 2. The first-order valence-corrected chi connectivity index (χ1v) is 11.2. The number of aromatic nitrogens is 4. The molecule has 2 aromatic rings. The predicted octanol–water partition coefficient (Wildman–Crippen LogP) is 3.04. The van der Waals surface area contributed by atoms with Crippen LogP contribution in [0.4, 0.5) is 5.69 Å². The summed E-state index contributed by atoms with van der Waals surface area (Å²) in [6, 6.07) is 5.49. The summed E-state index contributed by atoms with van der Waals surface area (Å²) in [7, 11) is 1.44. The monoisotopic (exact) mass is 429 g/mol. The van der Waals surface area contributed by atoms with Crippen LogP contribution < -0.4 is 15.8 Å². The molecule has 2 aliphatic rings. The number of nitrogens with one attached hydrogen (secondary N) is 1. The lowest BCUT2D eigenvalue weighted by Gasteiger charge is -2.31. The molecule has 0 spiro atoms. The van der Waals surface area contributed by atoms with E-state index in [0.717, 1.165) is 56.9 Å². The first-order chi connectivity index (χ1) is 15.1. The summed E-state index contributed by atoms with van der Waals surface area (Å²) in [6.45, 7) is 0. The first kappa shape index (κ1) is 21.6. The van der Waals surface area contributed by atoms with E-state index < -0.39 is 4.92 Å². The highest BCUT2D eigenvalue weighted by Crippen LogP contribution is 2.35.